The maximum atomic E-state index is 12.0. The molecule has 1 aromatic carbocycles. The quantitative estimate of drug-likeness (QED) is 0.618. The summed E-state index contributed by atoms with van der Waals surface area (Å²) >= 11 is 1.89. The highest BCUT2D eigenvalue weighted by Crippen LogP contribution is 2.17. The lowest BCUT2D eigenvalue weighted by Gasteiger charge is -2.10. The molecule has 0 bridgehead atoms. The molecular weight excluding hydrogens is 371 g/mol. The first-order valence-electron chi connectivity index (χ1n) is 5.83. The Bertz CT molecular complexity index is 712. The Hall–Kier alpha value is -1.90. The van der Waals surface area contributed by atoms with Crippen LogP contribution in [0.2, 0.25) is 0 Å². The van der Waals surface area contributed by atoms with Crippen molar-refractivity contribution in [3.63, 3.8) is 0 Å². The Balaban J connectivity index is 2.13. The third-order valence-corrected chi connectivity index (χ3v) is 3.44. The first-order valence-corrected chi connectivity index (χ1v) is 6.91. The lowest BCUT2D eigenvalue weighted by molar-refractivity contribution is -0.116. The zero-order valence-corrected chi connectivity index (χ0v) is 12.9. The molecule has 0 aliphatic rings. The average molecular weight is 384 g/mol. The van der Waals surface area contributed by atoms with E-state index in [-0.39, 0.29) is 18.0 Å². The van der Waals surface area contributed by atoms with Gasteiger partial charge in [-0.1, -0.05) is 0 Å². The van der Waals surface area contributed by atoms with Crippen molar-refractivity contribution in [3.8, 4) is 0 Å². The number of carbonyl (C=O) groups is 1. The van der Waals surface area contributed by atoms with Crippen molar-refractivity contribution >= 4 is 39.9 Å². The van der Waals surface area contributed by atoms with Crippen LogP contribution >= 0.6 is 22.6 Å². The van der Waals surface area contributed by atoms with Crippen LogP contribution in [0.1, 0.15) is 5.56 Å². The van der Waals surface area contributed by atoms with E-state index in [1.165, 1.54) is 17.1 Å². The van der Waals surface area contributed by atoms with Gasteiger partial charge in [0, 0.05) is 17.6 Å². The minimum Gasteiger partial charge on any atom is -0.399 e. The Labute approximate surface area is 129 Å². The molecule has 0 spiro atoms. The maximum absolute atomic E-state index is 12.0. The van der Waals surface area contributed by atoms with Crippen molar-refractivity contribution in [2.75, 3.05) is 11.1 Å². The third kappa shape index (κ3) is 3.35. The molecule has 1 amide bonds. The number of nitrogen functional groups attached to an aromatic ring is 1. The summed E-state index contributed by atoms with van der Waals surface area (Å²) in [6.07, 6.45) is 2.81. The van der Waals surface area contributed by atoms with Crippen molar-refractivity contribution in [3.05, 3.63) is 50.2 Å². The Morgan fingerprint density at radius 3 is 2.95 bits per heavy atom. The fourth-order valence-corrected chi connectivity index (χ4v) is 2.18. The molecule has 104 valence electrons. The number of hydrogen-bond acceptors (Lipinski definition) is 4. The first-order chi connectivity index (χ1) is 9.47. The molecule has 1 aromatic heterocycles. The maximum Gasteiger partial charge on any atom is 0.267 e. The van der Waals surface area contributed by atoms with Gasteiger partial charge in [-0.2, -0.15) is 0 Å². The van der Waals surface area contributed by atoms with Gasteiger partial charge in [0.15, 0.2) is 0 Å². The number of hydrogen-bond donors (Lipinski definition) is 2. The summed E-state index contributed by atoms with van der Waals surface area (Å²) in [5.41, 5.74) is 7.60. The van der Waals surface area contributed by atoms with Crippen molar-refractivity contribution in [1.29, 1.82) is 0 Å². The average Bonchev–Trinajstić information content (AvgIpc) is 2.38. The van der Waals surface area contributed by atoms with Crippen molar-refractivity contribution < 1.29 is 4.79 Å². The molecule has 3 N–H and O–H groups in total. The van der Waals surface area contributed by atoms with Crippen LogP contribution in [0.25, 0.3) is 0 Å². The Kier molecular flexibility index (Phi) is 4.38. The SMILES string of the molecule is Cc1cc(N)ccc1NC(=O)Cn1cncc(I)c1=O. The molecule has 2 aromatic rings. The van der Waals surface area contributed by atoms with Gasteiger partial charge in [0.2, 0.25) is 5.91 Å². The molecular formula is C13H13IN4O2. The zero-order valence-electron chi connectivity index (χ0n) is 10.8. The van der Waals surface area contributed by atoms with E-state index in [1.54, 1.807) is 18.2 Å². The van der Waals surface area contributed by atoms with E-state index in [9.17, 15) is 9.59 Å². The summed E-state index contributed by atoms with van der Waals surface area (Å²) in [4.78, 5) is 27.6. The number of nitrogens with two attached hydrogens (primary N) is 1. The van der Waals surface area contributed by atoms with E-state index in [2.05, 4.69) is 10.3 Å². The minimum absolute atomic E-state index is 0.0769. The minimum atomic E-state index is -0.288. The van der Waals surface area contributed by atoms with Crippen molar-refractivity contribution in [2.45, 2.75) is 13.5 Å². The largest absolute Gasteiger partial charge is 0.399 e. The van der Waals surface area contributed by atoms with Gasteiger partial charge in [-0.25, -0.2) is 4.98 Å². The molecule has 0 atom stereocenters. The standard InChI is InChI=1S/C13H13IN4O2/c1-8-4-9(15)2-3-11(8)17-12(19)6-18-7-16-5-10(14)13(18)20/h2-5,7H,6,15H2,1H3,(H,17,19). The predicted molar refractivity (Wildman–Crippen MR) is 85.4 cm³/mol. The molecule has 0 radical (unpaired) electrons. The van der Waals surface area contributed by atoms with Crippen LogP contribution < -0.4 is 16.6 Å². The van der Waals surface area contributed by atoms with Gasteiger partial charge in [0.25, 0.3) is 5.56 Å². The van der Waals surface area contributed by atoms with E-state index in [1.807, 2.05) is 29.5 Å². The summed E-state index contributed by atoms with van der Waals surface area (Å²) < 4.78 is 1.74. The monoisotopic (exact) mass is 384 g/mol. The lowest BCUT2D eigenvalue weighted by atomic mass is 10.2. The Morgan fingerprint density at radius 2 is 2.25 bits per heavy atom. The van der Waals surface area contributed by atoms with Gasteiger partial charge >= 0.3 is 0 Å². The highest BCUT2D eigenvalue weighted by Gasteiger charge is 2.08. The predicted octanol–water partition coefficient (Wildman–Crippen LogP) is 1.38. The van der Waals surface area contributed by atoms with E-state index < -0.39 is 0 Å². The fraction of sp³-hybridized carbons (Fsp3) is 0.154. The van der Waals surface area contributed by atoms with E-state index in [4.69, 9.17) is 5.73 Å². The normalized spacial score (nSPS) is 10.3. The second-order valence-corrected chi connectivity index (χ2v) is 5.46. The van der Waals surface area contributed by atoms with Gasteiger partial charge in [-0.15, -0.1) is 0 Å². The number of rotatable bonds is 3. The molecule has 1 heterocycles. The molecule has 6 nitrogen and oxygen atoms in total. The number of aryl methyl sites for hydroxylation is 1. The molecule has 0 fully saturated rings. The van der Waals surface area contributed by atoms with E-state index >= 15 is 0 Å². The number of benzene rings is 1. The van der Waals surface area contributed by atoms with Crippen LogP contribution in [0.5, 0.6) is 0 Å². The number of nitrogens with zero attached hydrogens (tertiary/aromatic N) is 2. The van der Waals surface area contributed by atoms with Crippen LogP contribution in [0.4, 0.5) is 11.4 Å². The van der Waals surface area contributed by atoms with Gasteiger partial charge in [0.05, 0.1) is 9.90 Å². The van der Waals surface area contributed by atoms with Gasteiger partial charge in [0.1, 0.15) is 6.54 Å². The topological polar surface area (TPSA) is 90.0 Å². The highest BCUT2D eigenvalue weighted by molar-refractivity contribution is 14.1. The number of halogens is 1. The van der Waals surface area contributed by atoms with E-state index in [0.29, 0.717) is 14.9 Å². The number of anilines is 2. The highest BCUT2D eigenvalue weighted by atomic mass is 127. The smallest absolute Gasteiger partial charge is 0.267 e. The van der Waals surface area contributed by atoms with E-state index in [0.717, 1.165) is 5.56 Å². The van der Waals surface area contributed by atoms with Crippen LogP contribution in [-0.2, 0) is 11.3 Å². The van der Waals surface area contributed by atoms with Crippen molar-refractivity contribution in [1.82, 2.24) is 9.55 Å². The molecule has 0 unspecified atom stereocenters. The van der Waals surface area contributed by atoms with Gasteiger partial charge in [-0.05, 0) is 53.3 Å². The summed E-state index contributed by atoms with van der Waals surface area (Å²) in [6, 6.07) is 5.22. The summed E-state index contributed by atoms with van der Waals surface area (Å²) in [5, 5.41) is 2.75. The molecule has 0 aliphatic heterocycles. The number of amides is 1. The first kappa shape index (κ1) is 14.5. The summed E-state index contributed by atoms with van der Waals surface area (Å²) in [6.45, 7) is 1.78. The van der Waals surface area contributed by atoms with Crippen LogP contribution in [-0.4, -0.2) is 15.5 Å². The second-order valence-electron chi connectivity index (χ2n) is 4.30. The number of nitrogens with one attached hydrogen (secondary N) is 1. The molecule has 20 heavy (non-hydrogen) atoms. The van der Waals surface area contributed by atoms with Crippen LogP contribution in [0.15, 0.2) is 35.5 Å². The fourth-order valence-electron chi connectivity index (χ4n) is 1.71. The Morgan fingerprint density at radius 1 is 1.50 bits per heavy atom. The summed E-state index contributed by atoms with van der Waals surface area (Å²) in [7, 11) is 0. The third-order valence-electron chi connectivity index (χ3n) is 2.70. The summed E-state index contributed by atoms with van der Waals surface area (Å²) in [5.74, 6) is -0.288. The van der Waals surface area contributed by atoms with Crippen LogP contribution in [0.3, 0.4) is 0 Å². The van der Waals surface area contributed by atoms with Crippen molar-refractivity contribution in [2.24, 2.45) is 0 Å². The number of carbonyl (C=O) groups excluding carboxylic acids is 1. The molecule has 0 saturated carbocycles. The second kappa shape index (κ2) is 6.04. The van der Waals surface area contributed by atoms with Gasteiger partial charge in [-0.3, -0.25) is 14.2 Å². The van der Waals surface area contributed by atoms with Crippen LogP contribution in [0, 0.1) is 10.5 Å². The molecule has 0 aliphatic carbocycles. The zero-order chi connectivity index (χ0) is 14.7. The molecule has 7 heteroatoms. The molecule has 2 rings (SSSR count). The number of aromatic nitrogens is 2. The molecule has 0 saturated heterocycles. The lowest BCUT2D eigenvalue weighted by Crippen LogP contribution is -2.29. The van der Waals surface area contributed by atoms with Gasteiger partial charge < -0.3 is 11.1 Å².